The van der Waals surface area contributed by atoms with Crippen LogP contribution in [0.25, 0.3) is 0 Å². The zero-order chi connectivity index (χ0) is 9.14. The van der Waals surface area contributed by atoms with Gasteiger partial charge in [0.05, 0.1) is 6.10 Å². The summed E-state index contributed by atoms with van der Waals surface area (Å²) in [6.45, 7) is 0. The second-order valence-electron chi connectivity index (χ2n) is 2.31. The molecule has 0 fully saturated rings. The van der Waals surface area contributed by atoms with Crippen LogP contribution in [-0.4, -0.2) is 10.4 Å². The molecule has 0 heterocycles. The van der Waals surface area contributed by atoms with Gasteiger partial charge in [0.25, 0.3) is 0 Å². The molecule has 0 spiro atoms. The molecule has 1 N–H and O–H groups in total. The first-order chi connectivity index (χ1) is 5.66. The Morgan fingerprint density at radius 1 is 1.33 bits per heavy atom. The van der Waals surface area contributed by atoms with Gasteiger partial charge in [-0.15, -0.1) is 0 Å². The first-order valence-corrected chi connectivity index (χ1v) is 5.22. The van der Waals surface area contributed by atoms with Gasteiger partial charge in [-0.1, -0.05) is 45.2 Å². The smallest absolute Gasteiger partial charge is 0.0915 e. The van der Waals surface area contributed by atoms with Crippen LogP contribution in [-0.2, 0) is 0 Å². The molecule has 4 heteroatoms. The van der Waals surface area contributed by atoms with E-state index in [1.165, 1.54) is 0 Å². The fourth-order valence-electron chi connectivity index (χ4n) is 0.906. The maximum absolute atomic E-state index is 9.48. The molecule has 0 aliphatic heterocycles. The van der Waals surface area contributed by atoms with E-state index in [0.717, 1.165) is 0 Å². The van der Waals surface area contributed by atoms with E-state index in [4.69, 9.17) is 23.2 Å². The quantitative estimate of drug-likeness (QED) is 0.816. The highest BCUT2D eigenvalue weighted by atomic mass is 79.9. The van der Waals surface area contributed by atoms with Gasteiger partial charge in [-0.25, -0.2) is 0 Å². The number of benzene rings is 1. The average molecular weight is 270 g/mol. The second-order valence-corrected chi connectivity index (χ2v) is 3.77. The molecule has 1 rings (SSSR count). The van der Waals surface area contributed by atoms with Crippen molar-refractivity contribution in [3.05, 3.63) is 33.8 Å². The van der Waals surface area contributed by atoms with Crippen molar-refractivity contribution in [2.24, 2.45) is 0 Å². The van der Waals surface area contributed by atoms with Crippen molar-refractivity contribution in [1.29, 1.82) is 0 Å². The Balaban J connectivity index is 3.12. The molecule has 66 valence electrons. The van der Waals surface area contributed by atoms with E-state index in [2.05, 4.69) is 15.9 Å². The Morgan fingerprint density at radius 2 is 1.83 bits per heavy atom. The molecular formula is C8H7BrCl2O. The van der Waals surface area contributed by atoms with E-state index >= 15 is 0 Å². The van der Waals surface area contributed by atoms with Gasteiger partial charge in [-0.05, 0) is 12.1 Å². The number of rotatable bonds is 2. The Bertz CT molecular complexity index is 258. The van der Waals surface area contributed by atoms with E-state index in [9.17, 15) is 5.11 Å². The first kappa shape index (κ1) is 10.3. The lowest BCUT2D eigenvalue weighted by atomic mass is 10.1. The molecule has 0 saturated heterocycles. The standard InChI is InChI=1S/C8H7BrCl2O/c9-4-7(12)8-5(10)2-1-3-6(8)11/h1-3,7,12H,4H2/t7-/m0/s1. The summed E-state index contributed by atoms with van der Waals surface area (Å²) in [4.78, 5) is 0. The van der Waals surface area contributed by atoms with Crippen molar-refractivity contribution in [1.82, 2.24) is 0 Å². The van der Waals surface area contributed by atoms with E-state index in [-0.39, 0.29) is 0 Å². The number of aliphatic hydroxyl groups is 1. The largest absolute Gasteiger partial charge is 0.387 e. The van der Waals surface area contributed by atoms with E-state index in [1.54, 1.807) is 18.2 Å². The minimum absolute atomic E-state index is 0.427. The van der Waals surface area contributed by atoms with Crippen molar-refractivity contribution in [3.8, 4) is 0 Å². The zero-order valence-corrected chi connectivity index (χ0v) is 9.20. The zero-order valence-electron chi connectivity index (χ0n) is 6.10. The van der Waals surface area contributed by atoms with Gasteiger partial charge in [0.1, 0.15) is 0 Å². The Kier molecular flexibility index (Phi) is 3.84. The normalized spacial score (nSPS) is 13.0. The van der Waals surface area contributed by atoms with Crippen molar-refractivity contribution < 1.29 is 5.11 Å². The molecule has 1 nitrogen and oxygen atoms in total. The van der Waals surface area contributed by atoms with Crippen LogP contribution in [0.1, 0.15) is 11.7 Å². The summed E-state index contributed by atoms with van der Waals surface area (Å²) in [5.74, 6) is 0. The van der Waals surface area contributed by atoms with E-state index in [0.29, 0.717) is 20.9 Å². The van der Waals surface area contributed by atoms with Gasteiger partial charge in [0, 0.05) is 20.9 Å². The molecule has 0 unspecified atom stereocenters. The fourth-order valence-corrected chi connectivity index (χ4v) is 1.88. The van der Waals surface area contributed by atoms with Gasteiger partial charge in [0.15, 0.2) is 0 Å². The minimum atomic E-state index is -0.647. The monoisotopic (exact) mass is 268 g/mol. The predicted octanol–water partition coefficient (Wildman–Crippen LogP) is 3.42. The molecular weight excluding hydrogens is 263 g/mol. The van der Waals surface area contributed by atoms with Gasteiger partial charge < -0.3 is 5.11 Å². The number of halogens is 3. The topological polar surface area (TPSA) is 20.2 Å². The number of aliphatic hydroxyl groups excluding tert-OH is 1. The maximum Gasteiger partial charge on any atom is 0.0915 e. The highest BCUT2D eigenvalue weighted by Crippen LogP contribution is 2.30. The molecule has 0 radical (unpaired) electrons. The summed E-state index contributed by atoms with van der Waals surface area (Å²) in [6, 6.07) is 5.15. The molecule has 1 atom stereocenters. The molecule has 0 bridgehead atoms. The number of hydrogen-bond donors (Lipinski definition) is 1. The number of hydrogen-bond acceptors (Lipinski definition) is 1. The average Bonchev–Trinajstić information content (AvgIpc) is 2.03. The maximum atomic E-state index is 9.48. The van der Waals surface area contributed by atoms with E-state index in [1.807, 2.05) is 0 Å². The van der Waals surface area contributed by atoms with Gasteiger partial charge in [-0.3, -0.25) is 0 Å². The van der Waals surface area contributed by atoms with Crippen LogP contribution in [0.3, 0.4) is 0 Å². The Hall–Kier alpha value is 0.240. The van der Waals surface area contributed by atoms with Crippen LogP contribution in [0.2, 0.25) is 10.0 Å². The van der Waals surface area contributed by atoms with Crippen LogP contribution in [0.5, 0.6) is 0 Å². The Morgan fingerprint density at radius 3 is 2.25 bits per heavy atom. The Labute approximate surface area is 89.4 Å². The summed E-state index contributed by atoms with van der Waals surface area (Å²) in [7, 11) is 0. The second kappa shape index (κ2) is 4.47. The van der Waals surface area contributed by atoms with Gasteiger partial charge in [0.2, 0.25) is 0 Å². The van der Waals surface area contributed by atoms with Crippen LogP contribution in [0.4, 0.5) is 0 Å². The van der Waals surface area contributed by atoms with Crippen LogP contribution in [0.15, 0.2) is 18.2 Å². The molecule has 12 heavy (non-hydrogen) atoms. The summed E-state index contributed by atoms with van der Waals surface area (Å²) in [5, 5.41) is 10.9. The molecule has 0 aliphatic carbocycles. The molecule has 0 saturated carbocycles. The minimum Gasteiger partial charge on any atom is -0.387 e. The van der Waals surface area contributed by atoms with Gasteiger partial charge in [-0.2, -0.15) is 0 Å². The SMILES string of the molecule is O[C@@H](CBr)c1c(Cl)cccc1Cl. The first-order valence-electron chi connectivity index (χ1n) is 3.34. The molecule has 1 aromatic carbocycles. The number of alkyl halides is 1. The fraction of sp³-hybridized carbons (Fsp3) is 0.250. The lowest BCUT2D eigenvalue weighted by Crippen LogP contribution is -1.99. The van der Waals surface area contributed by atoms with Crippen LogP contribution < -0.4 is 0 Å². The van der Waals surface area contributed by atoms with E-state index < -0.39 is 6.10 Å². The summed E-state index contributed by atoms with van der Waals surface area (Å²) >= 11 is 14.8. The highest BCUT2D eigenvalue weighted by molar-refractivity contribution is 9.09. The van der Waals surface area contributed by atoms with Gasteiger partial charge >= 0.3 is 0 Å². The highest BCUT2D eigenvalue weighted by Gasteiger charge is 2.13. The lowest BCUT2D eigenvalue weighted by Gasteiger charge is -2.10. The van der Waals surface area contributed by atoms with Crippen LogP contribution >= 0.6 is 39.1 Å². The molecule has 0 amide bonds. The molecule has 0 aromatic heterocycles. The third kappa shape index (κ3) is 2.13. The molecule has 0 aliphatic rings. The van der Waals surface area contributed by atoms with Crippen molar-refractivity contribution in [3.63, 3.8) is 0 Å². The third-order valence-corrected chi connectivity index (χ3v) is 2.75. The van der Waals surface area contributed by atoms with Crippen molar-refractivity contribution in [2.45, 2.75) is 6.10 Å². The lowest BCUT2D eigenvalue weighted by molar-refractivity contribution is 0.205. The van der Waals surface area contributed by atoms with Crippen molar-refractivity contribution >= 4 is 39.1 Å². The summed E-state index contributed by atoms with van der Waals surface area (Å²) in [5.41, 5.74) is 0.581. The van der Waals surface area contributed by atoms with Crippen LogP contribution in [0, 0.1) is 0 Å². The summed E-state index contributed by atoms with van der Waals surface area (Å²) < 4.78 is 0. The van der Waals surface area contributed by atoms with Crippen molar-refractivity contribution in [2.75, 3.05) is 5.33 Å². The molecule has 1 aromatic rings. The summed E-state index contributed by atoms with van der Waals surface area (Å²) in [6.07, 6.45) is -0.647. The third-order valence-electron chi connectivity index (χ3n) is 1.48. The predicted molar refractivity (Wildman–Crippen MR) is 55.2 cm³/mol.